The molecule has 10 heteroatoms. The first-order valence-corrected chi connectivity index (χ1v) is 9.95. The first-order chi connectivity index (χ1) is 14.4. The number of thiophene rings is 1. The van der Waals surface area contributed by atoms with Gasteiger partial charge in [-0.3, -0.25) is 24.3 Å². The van der Waals surface area contributed by atoms with Gasteiger partial charge in [-0.1, -0.05) is 23.7 Å². The highest BCUT2D eigenvalue weighted by molar-refractivity contribution is 7.17. The molecule has 8 nitrogen and oxygen atoms in total. The second kappa shape index (κ2) is 8.05. The van der Waals surface area contributed by atoms with Crippen molar-refractivity contribution in [3.05, 3.63) is 85.7 Å². The highest BCUT2D eigenvalue weighted by atomic mass is 35.5. The van der Waals surface area contributed by atoms with Gasteiger partial charge in [-0.15, -0.1) is 11.3 Å². The third-order valence-corrected chi connectivity index (χ3v) is 5.51. The Balaban J connectivity index is 1.67. The summed E-state index contributed by atoms with van der Waals surface area (Å²) < 4.78 is 1.21. The smallest absolute Gasteiger partial charge is 0.270 e. The number of anilines is 1. The number of nitrogens with one attached hydrogen (secondary N) is 1. The first kappa shape index (κ1) is 19.7. The van der Waals surface area contributed by atoms with E-state index in [9.17, 15) is 19.7 Å². The van der Waals surface area contributed by atoms with E-state index in [-0.39, 0.29) is 12.2 Å². The van der Waals surface area contributed by atoms with Gasteiger partial charge in [-0.25, -0.2) is 4.98 Å². The summed E-state index contributed by atoms with van der Waals surface area (Å²) in [6.07, 6.45) is 1.32. The largest absolute Gasteiger partial charge is 0.325 e. The van der Waals surface area contributed by atoms with Crippen molar-refractivity contribution in [2.24, 2.45) is 0 Å². The summed E-state index contributed by atoms with van der Waals surface area (Å²) in [4.78, 5) is 40.7. The molecule has 0 spiro atoms. The molecule has 0 saturated heterocycles. The minimum atomic E-state index is -0.490. The summed E-state index contributed by atoms with van der Waals surface area (Å²) in [5.41, 5.74) is 1.17. The Morgan fingerprint density at radius 2 is 2.00 bits per heavy atom. The minimum Gasteiger partial charge on any atom is -0.325 e. The lowest BCUT2D eigenvalue weighted by atomic mass is 10.1. The highest BCUT2D eigenvalue weighted by Crippen LogP contribution is 2.32. The summed E-state index contributed by atoms with van der Waals surface area (Å²) in [5, 5.41) is 16.4. The van der Waals surface area contributed by atoms with Gasteiger partial charge in [0.1, 0.15) is 11.4 Å². The number of nitro groups is 1. The fourth-order valence-electron chi connectivity index (χ4n) is 2.97. The van der Waals surface area contributed by atoms with Gasteiger partial charge in [0.25, 0.3) is 11.2 Å². The monoisotopic (exact) mass is 440 g/mol. The molecule has 2 aromatic heterocycles. The van der Waals surface area contributed by atoms with E-state index in [1.54, 1.807) is 41.8 Å². The molecule has 0 unspecified atom stereocenters. The number of fused-ring (bicyclic) bond motifs is 1. The van der Waals surface area contributed by atoms with Crippen molar-refractivity contribution in [3.8, 4) is 11.1 Å². The third-order valence-electron chi connectivity index (χ3n) is 4.37. The molecule has 0 radical (unpaired) electrons. The van der Waals surface area contributed by atoms with Crippen LogP contribution in [-0.4, -0.2) is 20.4 Å². The Bertz CT molecular complexity index is 1330. The molecule has 150 valence electrons. The molecular formula is C20H13ClN4O4S. The van der Waals surface area contributed by atoms with E-state index < -0.39 is 16.4 Å². The third kappa shape index (κ3) is 3.93. The number of aromatic nitrogens is 2. The van der Waals surface area contributed by atoms with Crippen LogP contribution in [0.15, 0.2) is 65.0 Å². The van der Waals surface area contributed by atoms with E-state index in [1.165, 1.54) is 34.4 Å². The summed E-state index contributed by atoms with van der Waals surface area (Å²) in [6.45, 7) is -0.228. The molecule has 0 atom stereocenters. The van der Waals surface area contributed by atoms with Crippen LogP contribution in [0.1, 0.15) is 0 Å². The quantitative estimate of drug-likeness (QED) is 0.367. The minimum absolute atomic E-state index is 0.0709. The van der Waals surface area contributed by atoms with Crippen molar-refractivity contribution in [2.45, 2.75) is 6.54 Å². The van der Waals surface area contributed by atoms with Gasteiger partial charge in [0, 0.05) is 33.8 Å². The first-order valence-electron chi connectivity index (χ1n) is 8.69. The maximum atomic E-state index is 13.0. The summed E-state index contributed by atoms with van der Waals surface area (Å²) in [6, 6.07) is 12.7. The van der Waals surface area contributed by atoms with E-state index in [4.69, 9.17) is 11.6 Å². The number of carbonyl (C=O) groups excluding carboxylic acids is 1. The molecule has 0 bridgehead atoms. The van der Waals surface area contributed by atoms with Gasteiger partial charge in [0.05, 0.1) is 16.6 Å². The molecule has 4 rings (SSSR count). The molecule has 0 aliphatic rings. The van der Waals surface area contributed by atoms with Crippen LogP contribution in [0, 0.1) is 10.1 Å². The second-order valence-corrected chi connectivity index (χ2v) is 7.66. The van der Waals surface area contributed by atoms with E-state index in [2.05, 4.69) is 10.3 Å². The molecule has 0 fully saturated rings. The molecule has 2 heterocycles. The normalized spacial score (nSPS) is 10.8. The standard InChI is InChI=1S/C20H13ClN4O4S/c21-13-4-6-14(7-5-13)23-17(26)9-24-11-22-19-18(20(24)27)16(10-30-19)12-2-1-3-15(8-12)25(28)29/h1-8,10-11H,9H2,(H,23,26). The zero-order valence-electron chi connectivity index (χ0n) is 15.2. The average Bonchev–Trinajstić information content (AvgIpc) is 3.17. The number of nitro benzene ring substituents is 1. The summed E-state index contributed by atoms with van der Waals surface area (Å²) in [5.74, 6) is -0.396. The summed E-state index contributed by atoms with van der Waals surface area (Å²) >= 11 is 7.09. The molecule has 2 aromatic carbocycles. The zero-order valence-corrected chi connectivity index (χ0v) is 16.8. The van der Waals surface area contributed by atoms with Crippen LogP contribution in [0.5, 0.6) is 0 Å². The van der Waals surface area contributed by atoms with Crippen molar-refractivity contribution < 1.29 is 9.72 Å². The maximum Gasteiger partial charge on any atom is 0.270 e. The van der Waals surface area contributed by atoms with Crippen LogP contribution in [0.2, 0.25) is 5.02 Å². The van der Waals surface area contributed by atoms with Gasteiger partial charge >= 0.3 is 0 Å². The van der Waals surface area contributed by atoms with Gasteiger partial charge in [0.15, 0.2) is 0 Å². The molecule has 0 aliphatic carbocycles. The number of hydrogen-bond acceptors (Lipinski definition) is 6. The molecule has 0 aliphatic heterocycles. The van der Waals surface area contributed by atoms with Crippen LogP contribution in [0.4, 0.5) is 11.4 Å². The van der Waals surface area contributed by atoms with Crippen LogP contribution in [0.25, 0.3) is 21.3 Å². The lowest BCUT2D eigenvalue weighted by molar-refractivity contribution is -0.384. The van der Waals surface area contributed by atoms with Crippen molar-refractivity contribution in [1.29, 1.82) is 0 Å². The van der Waals surface area contributed by atoms with Crippen molar-refractivity contribution in [1.82, 2.24) is 9.55 Å². The molecular weight excluding hydrogens is 428 g/mol. The Morgan fingerprint density at radius 3 is 2.73 bits per heavy atom. The Morgan fingerprint density at radius 1 is 1.23 bits per heavy atom. The predicted octanol–water partition coefficient (Wildman–Crippen LogP) is 4.33. The van der Waals surface area contributed by atoms with Crippen LogP contribution < -0.4 is 10.9 Å². The number of non-ortho nitro benzene ring substituents is 1. The number of benzene rings is 2. The summed E-state index contributed by atoms with van der Waals surface area (Å²) in [7, 11) is 0. The van der Waals surface area contributed by atoms with E-state index in [0.29, 0.717) is 32.1 Å². The van der Waals surface area contributed by atoms with Crippen molar-refractivity contribution >= 4 is 50.4 Å². The number of carbonyl (C=O) groups is 1. The van der Waals surface area contributed by atoms with Gasteiger partial charge in [-0.2, -0.15) is 0 Å². The topological polar surface area (TPSA) is 107 Å². The lowest BCUT2D eigenvalue weighted by Crippen LogP contribution is -2.27. The number of hydrogen-bond donors (Lipinski definition) is 1. The molecule has 4 aromatic rings. The number of rotatable bonds is 5. The second-order valence-electron chi connectivity index (χ2n) is 6.37. The molecule has 30 heavy (non-hydrogen) atoms. The number of amides is 1. The molecule has 1 N–H and O–H groups in total. The van der Waals surface area contributed by atoms with E-state index in [0.717, 1.165) is 0 Å². The predicted molar refractivity (Wildman–Crippen MR) is 116 cm³/mol. The van der Waals surface area contributed by atoms with Crippen LogP contribution in [-0.2, 0) is 11.3 Å². The van der Waals surface area contributed by atoms with Gasteiger partial charge < -0.3 is 5.32 Å². The zero-order chi connectivity index (χ0) is 21.3. The lowest BCUT2D eigenvalue weighted by Gasteiger charge is -2.08. The highest BCUT2D eigenvalue weighted by Gasteiger charge is 2.16. The molecule has 1 amide bonds. The fourth-order valence-corrected chi connectivity index (χ4v) is 4.00. The van der Waals surface area contributed by atoms with Gasteiger partial charge in [-0.05, 0) is 29.8 Å². The Kier molecular flexibility index (Phi) is 5.30. The molecule has 0 saturated carbocycles. The van der Waals surface area contributed by atoms with Crippen molar-refractivity contribution in [2.75, 3.05) is 5.32 Å². The fraction of sp³-hybridized carbons (Fsp3) is 0.0500. The maximum absolute atomic E-state index is 13.0. The Labute approximate surface area is 178 Å². The average molecular weight is 441 g/mol. The van der Waals surface area contributed by atoms with E-state index in [1.807, 2.05) is 0 Å². The van der Waals surface area contributed by atoms with Gasteiger partial charge in [0.2, 0.25) is 5.91 Å². The Hall–Kier alpha value is -3.56. The van der Waals surface area contributed by atoms with E-state index >= 15 is 0 Å². The van der Waals surface area contributed by atoms with Crippen LogP contribution in [0.3, 0.4) is 0 Å². The van der Waals surface area contributed by atoms with Crippen LogP contribution >= 0.6 is 22.9 Å². The van der Waals surface area contributed by atoms with Crippen molar-refractivity contribution in [3.63, 3.8) is 0 Å². The number of nitrogens with zero attached hydrogens (tertiary/aromatic N) is 3. The number of halogens is 1. The SMILES string of the molecule is O=C(Cn1cnc2scc(-c3cccc([N+](=O)[O-])c3)c2c1=O)Nc1ccc(Cl)cc1.